The summed E-state index contributed by atoms with van der Waals surface area (Å²) in [6, 6.07) is 15.4. The highest BCUT2D eigenvalue weighted by atomic mass is 32.2. The van der Waals surface area contributed by atoms with Crippen LogP contribution in [0.5, 0.6) is 0 Å². The van der Waals surface area contributed by atoms with E-state index in [0.717, 1.165) is 32.6 Å². The van der Waals surface area contributed by atoms with E-state index in [0.29, 0.717) is 12.2 Å². The summed E-state index contributed by atoms with van der Waals surface area (Å²) in [5, 5.41) is 2.87. The summed E-state index contributed by atoms with van der Waals surface area (Å²) >= 11 is 0. The third-order valence-corrected chi connectivity index (χ3v) is 7.35. The number of nitrogens with zero attached hydrogens (tertiary/aromatic N) is 3. The van der Waals surface area contributed by atoms with Crippen LogP contribution in [0.2, 0.25) is 0 Å². The number of carbonyl (C=O) groups is 2. The maximum absolute atomic E-state index is 13.6. The minimum atomic E-state index is -3.94. The van der Waals surface area contributed by atoms with Gasteiger partial charge in [-0.3, -0.25) is 9.59 Å². The van der Waals surface area contributed by atoms with Crippen molar-refractivity contribution in [2.45, 2.75) is 46.2 Å². The van der Waals surface area contributed by atoms with Gasteiger partial charge in [0.05, 0.1) is 5.69 Å². The average molecular weight is 489 g/mol. The van der Waals surface area contributed by atoms with Gasteiger partial charge in [-0.2, -0.15) is 12.7 Å². The number of anilines is 1. The number of benzene rings is 2. The Morgan fingerprint density at radius 3 is 2.18 bits per heavy atom. The van der Waals surface area contributed by atoms with Crippen LogP contribution in [0.25, 0.3) is 0 Å². The van der Waals surface area contributed by atoms with Crippen molar-refractivity contribution in [2.24, 2.45) is 0 Å². The Labute approximate surface area is 203 Å². The Balaban J connectivity index is 2.37. The summed E-state index contributed by atoms with van der Waals surface area (Å²) in [6.45, 7) is 5.96. The molecule has 0 aromatic heterocycles. The highest BCUT2D eigenvalue weighted by molar-refractivity contribution is 7.90. The van der Waals surface area contributed by atoms with Crippen molar-refractivity contribution in [3.05, 3.63) is 65.7 Å². The molecule has 0 unspecified atom stereocenters. The van der Waals surface area contributed by atoms with Gasteiger partial charge in [-0.15, -0.1) is 0 Å². The third-order valence-electron chi connectivity index (χ3n) is 5.53. The van der Waals surface area contributed by atoms with Crippen LogP contribution in [0.15, 0.2) is 54.6 Å². The molecule has 0 aliphatic heterocycles. The number of aryl methyl sites for hydroxylation is 1. The molecule has 2 amide bonds. The maximum atomic E-state index is 13.6. The van der Waals surface area contributed by atoms with Crippen LogP contribution in [0, 0.1) is 6.92 Å². The Hall–Kier alpha value is -2.91. The van der Waals surface area contributed by atoms with E-state index in [1.165, 1.54) is 19.0 Å². The molecule has 0 spiro atoms. The molecule has 0 aliphatic carbocycles. The van der Waals surface area contributed by atoms with Gasteiger partial charge < -0.3 is 10.2 Å². The molecule has 1 atom stereocenters. The van der Waals surface area contributed by atoms with Crippen molar-refractivity contribution >= 4 is 27.7 Å². The predicted molar refractivity (Wildman–Crippen MR) is 136 cm³/mol. The van der Waals surface area contributed by atoms with Gasteiger partial charge in [-0.1, -0.05) is 61.4 Å². The molecule has 2 rings (SSSR count). The molecule has 186 valence electrons. The number of rotatable bonds is 12. The summed E-state index contributed by atoms with van der Waals surface area (Å²) in [6.07, 6.45) is 1.78. The van der Waals surface area contributed by atoms with Crippen molar-refractivity contribution in [3.63, 3.8) is 0 Å². The van der Waals surface area contributed by atoms with Crippen LogP contribution in [0.4, 0.5) is 5.69 Å². The molecule has 0 fully saturated rings. The van der Waals surface area contributed by atoms with E-state index in [1.54, 1.807) is 37.3 Å². The van der Waals surface area contributed by atoms with Crippen molar-refractivity contribution < 1.29 is 18.0 Å². The van der Waals surface area contributed by atoms with Gasteiger partial charge in [0.15, 0.2) is 0 Å². The van der Waals surface area contributed by atoms with Gasteiger partial charge in [0.2, 0.25) is 11.8 Å². The number of hydrogen-bond donors (Lipinski definition) is 1. The smallest absolute Gasteiger partial charge is 0.304 e. The molecule has 0 bridgehead atoms. The van der Waals surface area contributed by atoms with Crippen molar-refractivity contribution in [1.29, 1.82) is 0 Å². The zero-order valence-corrected chi connectivity index (χ0v) is 21.5. The van der Waals surface area contributed by atoms with Gasteiger partial charge in [-0.25, -0.2) is 4.31 Å². The van der Waals surface area contributed by atoms with E-state index in [-0.39, 0.29) is 12.5 Å². The van der Waals surface area contributed by atoms with E-state index in [2.05, 4.69) is 5.32 Å². The van der Waals surface area contributed by atoms with Crippen LogP contribution in [-0.2, 0) is 26.3 Å². The normalized spacial score (nSPS) is 12.3. The third kappa shape index (κ3) is 7.30. The Morgan fingerprint density at radius 1 is 1.00 bits per heavy atom. The first-order chi connectivity index (χ1) is 16.1. The Kier molecular flexibility index (Phi) is 10.1. The molecular weight excluding hydrogens is 452 g/mol. The second-order valence-corrected chi connectivity index (χ2v) is 10.5. The molecule has 34 heavy (non-hydrogen) atoms. The highest BCUT2D eigenvalue weighted by Crippen LogP contribution is 2.20. The zero-order chi connectivity index (χ0) is 25.3. The molecule has 1 N–H and O–H groups in total. The first-order valence-corrected chi connectivity index (χ1v) is 12.9. The fourth-order valence-electron chi connectivity index (χ4n) is 3.32. The predicted octanol–water partition coefficient (Wildman–Crippen LogP) is 2.94. The van der Waals surface area contributed by atoms with Crippen molar-refractivity contribution in [1.82, 2.24) is 14.5 Å². The van der Waals surface area contributed by atoms with Crippen molar-refractivity contribution in [3.8, 4) is 0 Å². The first kappa shape index (κ1) is 27.3. The lowest BCUT2D eigenvalue weighted by atomic mass is 10.1. The fourth-order valence-corrected chi connectivity index (χ4v) is 4.38. The molecular formula is C25H36N4O4S. The van der Waals surface area contributed by atoms with E-state index in [9.17, 15) is 18.0 Å². The second-order valence-electron chi connectivity index (χ2n) is 8.46. The minimum absolute atomic E-state index is 0.187. The molecule has 0 heterocycles. The maximum Gasteiger partial charge on any atom is 0.304 e. The summed E-state index contributed by atoms with van der Waals surface area (Å²) in [4.78, 5) is 27.8. The number of para-hydroxylation sites is 1. The monoisotopic (exact) mass is 488 g/mol. The number of carbonyl (C=O) groups excluding carboxylic acids is 2. The molecule has 2 aromatic rings. The highest BCUT2D eigenvalue weighted by Gasteiger charge is 2.32. The molecule has 0 saturated heterocycles. The van der Waals surface area contributed by atoms with Crippen LogP contribution in [-0.4, -0.2) is 62.7 Å². The Morgan fingerprint density at radius 2 is 1.62 bits per heavy atom. The molecule has 8 nitrogen and oxygen atoms in total. The quantitative estimate of drug-likeness (QED) is 0.465. The lowest BCUT2D eigenvalue weighted by Crippen LogP contribution is -2.52. The van der Waals surface area contributed by atoms with Crippen LogP contribution < -0.4 is 9.62 Å². The van der Waals surface area contributed by atoms with Gasteiger partial charge >= 0.3 is 10.2 Å². The lowest BCUT2D eigenvalue weighted by Gasteiger charge is -2.32. The van der Waals surface area contributed by atoms with Crippen LogP contribution in [0.3, 0.4) is 0 Å². The van der Waals surface area contributed by atoms with E-state index in [4.69, 9.17) is 0 Å². The van der Waals surface area contributed by atoms with Gasteiger partial charge in [0, 0.05) is 27.2 Å². The van der Waals surface area contributed by atoms with Crippen molar-refractivity contribution in [2.75, 3.05) is 31.5 Å². The molecule has 2 aromatic carbocycles. The fraction of sp³-hybridized carbons (Fsp3) is 0.440. The van der Waals surface area contributed by atoms with Gasteiger partial charge in [0.1, 0.15) is 12.6 Å². The zero-order valence-electron chi connectivity index (χ0n) is 20.7. The van der Waals surface area contributed by atoms with Crippen LogP contribution >= 0.6 is 0 Å². The van der Waals surface area contributed by atoms with Gasteiger partial charge in [-0.05, 0) is 38.0 Å². The summed E-state index contributed by atoms with van der Waals surface area (Å²) < 4.78 is 28.3. The van der Waals surface area contributed by atoms with E-state index >= 15 is 0 Å². The molecule has 0 aliphatic rings. The first-order valence-electron chi connectivity index (χ1n) is 11.5. The van der Waals surface area contributed by atoms with Gasteiger partial charge in [0.25, 0.3) is 0 Å². The molecule has 9 heteroatoms. The van der Waals surface area contributed by atoms with E-state index in [1.807, 2.05) is 38.1 Å². The number of unbranched alkanes of at least 4 members (excludes halogenated alkanes) is 1. The second kappa shape index (κ2) is 12.5. The standard InChI is InChI=1S/C25H36N4O4S/c1-6-7-17-26-25(31)21(3)28(18-22-15-13-20(2)14-16-22)24(30)19-29(34(32,33)27(4)5)23-11-9-8-10-12-23/h8-16,21H,6-7,17-19H2,1-5H3,(H,26,31)/t21-/m0/s1. The lowest BCUT2D eigenvalue weighted by molar-refractivity contribution is -0.139. The average Bonchev–Trinajstić information content (AvgIpc) is 2.82. The Bertz CT molecular complexity index is 1040. The number of nitrogens with one attached hydrogen (secondary N) is 1. The molecule has 0 radical (unpaired) electrons. The largest absolute Gasteiger partial charge is 0.354 e. The summed E-state index contributed by atoms with van der Waals surface area (Å²) in [5.74, 6) is -0.733. The number of hydrogen-bond acceptors (Lipinski definition) is 4. The minimum Gasteiger partial charge on any atom is -0.354 e. The van der Waals surface area contributed by atoms with E-state index < -0.39 is 28.7 Å². The number of amides is 2. The summed E-state index contributed by atoms with van der Waals surface area (Å²) in [7, 11) is -1.10. The summed E-state index contributed by atoms with van der Waals surface area (Å²) in [5.41, 5.74) is 2.31. The van der Waals surface area contributed by atoms with Crippen LogP contribution in [0.1, 0.15) is 37.8 Å². The SMILES string of the molecule is CCCCNC(=O)[C@H](C)N(Cc1ccc(C)cc1)C(=O)CN(c1ccccc1)S(=O)(=O)N(C)C. The molecule has 0 saturated carbocycles. The topological polar surface area (TPSA) is 90.0 Å².